The van der Waals surface area contributed by atoms with Crippen LogP contribution < -0.4 is 10.6 Å². The first-order chi connectivity index (χ1) is 7.84. The molecule has 1 aliphatic carbocycles. The van der Waals surface area contributed by atoms with Gasteiger partial charge >= 0.3 is 0 Å². The number of hydrogen-bond acceptors (Lipinski definition) is 3. The summed E-state index contributed by atoms with van der Waals surface area (Å²) in [6.07, 6.45) is 4.98. The molecule has 1 saturated carbocycles. The second kappa shape index (κ2) is 5.61. The molecule has 0 unspecified atom stereocenters. The number of amides is 1. The topological polar surface area (TPSA) is 54.0 Å². The van der Waals surface area contributed by atoms with Crippen LogP contribution in [0.15, 0.2) is 24.4 Å². The molecule has 86 valence electrons. The van der Waals surface area contributed by atoms with Crippen LogP contribution in [0, 0.1) is 0 Å². The van der Waals surface area contributed by atoms with Gasteiger partial charge in [0.1, 0.15) is 0 Å². The molecule has 1 amide bonds. The third kappa shape index (κ3) is 3.98. The van der Waals surface area contributed by atoms with Crippen molar-refractivity contribution in [2.24, 2.45) is 0 Å². The predicted molar refractivity (Wildman–Crippen MR) is 62.0 cm³/mol. The average molecular weight is 219 g/mol. The summed E-state index contributed by atoms with van der Waals surface area (Å²) < 4.78 is 0. The van der Waals surface area contributed by atoms with E-state index in [1.54, 1.807) is 6.20 Å². The summed E-state index contributed by atoms with van der Waals surface area (Å²) in [4.78, 5) is 15.6. The van der Waals surface area contributed by atoms with E-state index < -0.39 is 0 Å². The SMILES string of the molecule is O=C(CNC1CC1)NCCc1ccccn1. The van der Waals surface area contributed by atoms with Gasteiger partial charge in [-0.05, 0) is 25.0 Å². The lowest BCUT2D eigenvalue weighted by molar-refractivity contribution is -0.120. The summed E-state index contributed by atoms with van der Waals surface area (Å²) in [5.74, 6) is 0.0721. The number of aromatic nitrogens is 1. The van der Waals surface area contributed by atoms with Crippen molar-refractivity contribution in [3.8, 4) is 0 Å². The Morgan fingerprint density at radius 1 is 1.44 bits per heavy atom. The van der Waals surface area contributed by atoms with Gasteiger partial charge in [-0.25, -0.2) is 0 Å². The van der Waals surface area contributed by atoms with Crippen molar-refractivity contribution in [3.05, 3.63) is 30.1 Å². The minimum absolute atomic E-state index is 0.0721. The molecule has 0 aliphatic heterocycles. The fraction of sp³-hybridized carbons (Fsp3) is 0.500. The molecule has 16 heavy (non-hydrogen) atoms. The van der Waals surface area contributed by atoms with Crippen molar-refractivity contribution in [3.63, 3.8) is 0 Å². The van der Waals surface area contributed by atoms with Crippen LogP contribution in [0.5, 0.6) is 0 Å². The molecule has 4 heteroatoms. The summed E-state index contributed by atoms with van der Waals surface area (Å²) in [5, 5.41) is 6.05. The smallest absolute Gasteiger partial charge is 0.233 e. The molecule has 1 aliphatic rings. The molecular formula is C12H17N3O. The monoisotopic (exact) mass is 219 g/mol. The molecule has 4 nitrogen and oxygen atoms in total. The molecule has 0 radical (unpaired) electrons. The Bertz CT molecular complexity index is 335. The van der Waals surface area contributed by atoms with E-state index in [9.17, 15) is 4.79 Å². The van der Waals surface area contributed by atoms with Crippen LogP contribution in [0.2, 0.25) is 0 Å². The first-order valence-electron chi connectivity index (χ1n) is 5.74. The maximum Gasteiger partial charge on any atom is 0.233 e. The number of carbonyl (C=O) groups excluding carboxylic acids is 1. The van der Waals surface area contributed by atoms with E-state index in [1.165, 1.54) is 12.8 Å². The van der Waals surface area contributed by atoms with Gasteiger partial charge < -0.3 is 10.6 Å². The molecule has 1 aromatic rings. The highest BCUT2D eigenvalue weighted by molar-refractivity contribution is 5.78. The number of nitrogens with one attached hydrogen (secondary N) is 2. The van der Waals surface area contributed by atoms with Gasteiger partial charge in [0.15, 0.2) is 0 Å². The van der Waals surface area contributed by atoms with Crippen LogP contribution in [0.4, 0.5) is 0 Å². The van der Waals surface area contributed by atoms with E-state index in [2.05, 4.69) is 15.6 Å². The molecule has 1 fully saturated rings. The lowest BCUT2D eigenvalue weighted by Gasteiger charge is -2.05. The fourth-order valence-electron chi connectivity index (χ4n) is 1.46. The molecule has 0 atom stereocenters. The van der Waals surface area contributed by atoms with Crippen LogP contribution >= 0.6 is 0 Å². The zero-order chi connectivity index (χ0) is 11.2. The number of hydrogen-bond donors (Lipinski definition) is 2. The van der Waals surface area contributed by atoms with Crippen molar-refractivity contribution in [2.45, 2.75) is 25.3 Å². The Morgan fingerprint density at radius 3 is 3.00 bits per heavy atom. The summed E-state index contributed by atoms with van der Waals surface area (Å²) in [5.41, 5.74) is 1.01. The van der Waals surface area contributed by atoms with Crippen LogP contribution in [0.1, 0.15) is 18.5 Å². The maximum absolute atomic E-state index is 11.4. The highest BCUT2D eigenvalue weighted by Crippen LogP contribution is 2.17. The molecule has 0 bridgehead atoms. The molecule has 0 aromatic carbocycles. The molecule has 1 heterocycles. The van der Waals surface area contributed by atoms with Gasteiger partial charge in [0, 0.05) is 30.9 Å². The van der Waals surface area contributed by atoms with E-state index in [1.807, 2.05) is 18.2 Å². The highest BCUT2D eigenvalue weighted by Gasteiger charge is 2.20. The van der Waals surface area contributed by atoms with Gasteiger partial charge in [-0.1, -0.05) is 6.07 Å². The van der Waals surface area contributed by atoms with E-state index in [4.69, 9.17) is 0 Å². The minimum atomic E-state index is 0.0721. The fourth-order valence-corrected chi connectivity index (χ4v) is 1.46. The molecule has 2 rings (SSSR count). The van der Waals surface area contributed by atoms with E-state index in [-0.39, 0.29) is 5.91 Å². The largest absolute Gasteiger partial charge is 0.355 e. The Morgan fingerprint density at radius 2 is 2.31 bits per heavy atom. The van der Waals surface area contributed by atoms with Gasteiger partial charge in [-0.15, -0.1) is 0 Å². The van der Waals surface area contributed by atoms with Gasteiger partial charge in [-0.2, -0.15) is 0 Å². The third-order valence-corrected chi connectivity index (χ3v) is 2.56. The van der Waals surface area contributed by atoms with E-state index in [0.29, 0.717) is 19.1 Å². The van der Waals surface area contributed by atoms with Gasteiger partial charge in [0.05, 0.1) is 6.54 Å². The summed E-state index contributed by atoms with van der Waals surface area (Å²) in [7, 11) is 0. The lowest BCUT2D eigenvalue weighted by Crippen LogP contribution is -2.35. The Balaban J connectivity index is 1.58. The van der Waals surface area contributed by atoms with Crippen LogP contribution in [-0.2, 0) is 11.2 Å². The van der Waals surface area contributed by atoms with Gasteiger partial charge in [0.25, 0.3) is 0 Å². The molecular weight excluding hydrogens is 202 g/mol. The normalized spacial score (nSPS) is 14.8. The Hall–Kier alpha value is -1.42. The molecule has 2 N–H and O–H groups in total. The van der Waals surface area contributed by atoms with Gasteiger partial charge in [0.2, 0.25) is 5.91 Å². The number of nitrogens with zero attached hydrogens (tertiary/aromatic N) is 1. The van der Waals surface area contributed by atoms with Crippen LogP contribution in [-0.4, -0.2) is 30.0 Å². The quantitative estimate of drug-likeness (QED) is 0.732. The standard InChI is InChI=1S/C12H17N3O/c16-12(9-15-11-4-5-11)14-8-6-10-3-1-2-7-13-10/h1-3,7,11,15H,4-6,8-9H2,(H,14,16). The minimum Gasteiger partial charge on any atom is -0.355 e. The van der Waals surface area contributed by atoms with Crippen LogP contribution in [0.3, 0.4) is 0 Å². The van der Waals surface area contributed by atoms with E-state index >= 15 is 0 Å². The zero-order valence-corrected chi connectivity index (χ0v) is 9.28. The zero-order valence-electron chi connectivity index (χ0n) is 9.28. The number of pyridine rings is 1. The van der Waals surface area contributed by atoms with Crippen molar-refractivity contribution >= 4 is 5.91 Å². The second-order valence-corrected chi connectivity index (χ2v) is 4.08. The number of carbonyl (C=O) groups is 1. The Kier molecular flexibility index (Phi) is 3.88. The van der Waals surface area contributed by atoms with Crippen molar-refractivity contribution in [2.75, 3.05) is 13.1 Å². The van der Waals surface area contributed by atoms with E-state index in [0.717, 1.165) is 12.1 Å². The lowest BCUT2D eigenvalue weighted by atomic mass is 10.3. The third-order valence-electron chi connectivity index (χ3n) is 2.56. The van der Waals surface area contributed by atoms with Crippen molar-refractivity contribution in [1.82, 2.24) is 15.6 Å². The predicted octanol–water partition coefficient (Wildman–Crippen LogP) is 0.492. The first-order valence-corrected chi connectivity index (χ1v) is 5.74. The first kappa shape index (κ1) is 11.1. The highest BCUT2D eigenvalue weighted by atomic mass is 16.1. The summed E-state index contributed by atoms with van der Waals surface area (Å²) >= 11 is 0. The molecule has 0 saturated heterocycles. The summed E-state index contributed by atoms with van der Waals surface area (Å²) in [6.45, 7) is 1.09. The maximum atomic E-state index is 11.4. The number of rotatable bonds is 6. The van der Waals surface area contributed by atoms with Crippen molar-refractivity contribution in [1.29, 1.82) is 0 Å². The Labute approximate surface area is 95.5 Å². The van der Waals surface area contributed by atoms with Crippen molar-refractivity contribution < 1.29 is 4.79 Å². The van der Waals surface area contributed by atoms with Crippen LogP contribution in [0.25, 0.3) is 0 Å². The average Bonchev–Trinajstić information content (AvgIpc) is 3.12. The summed E-state index contributed by atoms with van der Waals surface area (Å²) in [6, 6.07) is 6.40. The molecule has 0 spiro atoms. The molecule has 1 aromatic heterocycles. The second-order valence-electron chi connectivity index (χ2n) is 4.08. The van der Waals surface area contributed by atoms with Gasteiger partial charge in [-0.3, -0.25) is 9.78 Å².